The maximum absolute atomic E-state index is 10.9. The molecule has 4 saturated carbocycles. The summed E-state index contributed by atoms with van der Waals surface area (Å²) in [5.41, 5.74) is 0.440. The summed E-state index contributed by atoms with van der Waals surface area (Å²) in [6.07, 6.45) is 6.37. The Morgan fingerprint density at radius 2 is 1.88 bits per heavy atom. The van der Waals surface area contributed by atoms with Gasteiger partial charge in [-0.05, 0) is 62.2 Å². The van der Waals surface area contributed by atoms with Crippen LogP contribution in [0.3, 0.4) is 0 Å². The minimum atomic E-state index is -0.826. The van der Waals surface area contributed by atoms with Gasteiger partial charge in [0, 0.05) is 5.57 Å². The molecule has 4 aliphatic carbocycles. The minimum absolute atomic E-state index is 0.189. The molecule has 0 aromatic heterocycles. The average molecular weight is 236 g/mol. The second-order valence-electron chi connectivity index (χ2n) is 6.22. The normalized spacial score (nSPS) is 48.5. The van der Waals surface area contributed by atoms with E-state index in [0.717, 1.165) is 18.8 Å². The van der Waals surface area contributed by atoms with Gasteiger partial charge in [0.05, 0.1) is 6.10 Å². The van der Waals surface area contributed by atoms with Crippen molar-refractivity contribution in [2.45, 2.75) is 38.7 Å². The summed E-state index contributed by atoms with van der Waals surface area (Å²) in [5, 5.41) is 19.2. The Labute approximate surface area is 102 Å². The van der Waals surface area contributed by atoms with E-state index in [1.54, 1.807) is 6.92 Å². The minimum Gasteiger partial charge on any atom is -0.478 e. The maximum Gasteiger partial charge on any atom is 0.330 e. The molecule has 0 amide bonds. The Morgan fingerprint density at radius 1 is 1.18 bits per heavy atom. The molecule has 4 aliphatic rings. The van der Waals surface area contributed by atoms with E-state index in [0.29, 0.717) is 29.2 Å². The van der Waals surface area contributed by atoms with Crippen molar-refractivity contribution in [1.82, 2.24) is 0 Å². The van der Waals surface area contributed by atoms with Gasteiger partial charge >= 0.3 is 5.97 Å². The summed E-state index contributed by atoms with van der Waals surface area (Å²) >= 11 is 0. The van der Waals surface area contributed by atoms with Crippen LogP contribution in [-0.4, -0.2) is 22.3 Å². The molecule has 4 fully saturated rings. The molecule has 3 nitrogen and oxygen atoms in total. The van der Waals surface area contributed by atoms with Crippen molar-refractivity contribution in [1.29, 1.82) is 0 Å². The van der Waals surface area contributed by atoms with E-state index in [1.807, 2.05) is 6.08 Å². The lowest BCUT2D eigenvalue weighted by molar-refractivity contribution is -0.133. The van der Waals surface area contributed by atoms with Gasteiger partial charge in [-0.15, -0.1) is 0 Å². The average Bonchev–Trinajstić information content (AvgIpc) is 2.28. The smallest absolute Gasteiger partial charge is 0.330 e. The van der Waals surface area contributed by atoms with Crippen LogP contribution in [0.25, 0.3) is 0 Å². The summed E-state index contributed by atoms with van der Waals surface area (Å²) in [6.45, 7) is 1.67. The van der Waals surface area contributed by atoms with Crippen molar-refractivity contribution in [3.05, 3.63) is 11.6 Å². The largest absolute Gasteiger partial charge is 0.478 e. The fourth-order valence-corrected chi connectivity index (χ4v) is 4.55. The molecule has 94 valence electrons. The van der Waals surface area contributed by atoms with E-state index < -0.39 is 5.97 Å². The fourth-order valence-electron chi connectivity index (χ4n) is 4.55. The number of aliphatic hydroxyl groups is 1. The number of rotatable bonds is 2. The molecule has 0 aromatic carbocycles. The van der Waals surface area contributed by atoms with Crippen molar-refractivity contribution in [2.75, 3.05) is 0 Å². The zero-order valence-electron chi connectivity index (χ0n) is 10.2. The van der Waals surface area contributed by atoms with Crippen molar-refractivity contribution >= 4 is 5.97 Å². The molecule has 3 heteroatoms. The first-order valence-electron chi connectivity index (χ1n) is 6.66. The van der Waals surface area contributed by atoms with Gasteiger partial charge in [0.25, 0.3) is 0 Å². The van der Waals surface area contributed by atoms with E-state index in [1.165, 1.54) is 12.8 Å². The summed E-state index contributed by atoms with van der Waals surface area (Å²) in [4.78, 5) is 10.9. The topological polar surface area (TPSA) is 57.5 Å². The van der Waals surface area contributed by atoms with Crippen molar-refractivity contribution in [3.8, 4) is 0 Å². The van der Waals surface area contributed by atoms with Crippen LogP contribution in [0, 0.1) is 29.6 Å². The van der Waals surface area contributed by atoms with Gasteiger partial charge in [-0.3, -0.25) is 0 Å². The third-order valence-electron chi connectivity index (χ3n) is 5.22. The van der Waals surface area contributed by atoms with Crippen molar-refractivity contribution < 1.29 is 15.0 Å². The van der Waals surface area contributed by atoms with Crippen molar-refractivity contribution in [3.63, 3.8) is 0 Å². The number of carbonyl (C=O) groups is 1. The van der Waals surface area contributed by atoms with E-state index in [9.17, 15) is 9.90 Å². The lowest BCUT2D eigenvalue weighted by atomic mass is 9.50. The summed E-state index contributed by atoms with van der Waals surface area (Å²) in [7, 11) is 0. The number of aliphatic hydroxyl groups excluding tert-OH is 1. The molecule has 0 aromatic rings. The first-order chi connectivity index (χ1) is 8.06. The first kappa shape index (κ1) is 11.3. The lowest BCUT2D eigenvalue weighted by Gasteiger charge is -2.56. The molecular weight excluding hydrogens is 216 g/mol. The highest BCUT2D eigenvalue weighted by Crippen LogP contribution is 2.57. The SMILES string of the molecule is CC(=CC1C2CC3CC(C2)C(O)C1C3)C(=O)O. The second kappa shape index (κ2) is 3.84. The highest BCUT2D eigenvalue weighted by Gasteiger charge is 2.52. The molecule has 0 spiro atoms. The number of hydrogen-bond acceptors (Lipinski definition) is 2. The number of aliphatic carboxylic acids is 1. The Hall–Kier alpha value is -0.830. The highest BCUT2D eigenvalue weighted by molar-refractivity contribution is 5.85. The van der Waals surface area contributed by atoms with Gasteiger partial charge in [-0.2, -0.15) is 0 Å². The highest BCUT2D eigenvalue weighted by atomic mass is 16.4. The van der Waals surface area contributed by atoms with Crippen LogP contribution in [0.5, 0.6) is 0 Å². The van der Waals surface area contributed by atoms with Gasteiger partial charge in [0.1, 0.15) is 0 Å². The summed E-state index contributed by atoms with van der Waals surface area (Å²) < 4.78 is 0. The van der Waals surface area contributed by atoms with E-state index >= 15 is 0 Å². The van der Waals surface area contributed by atoms with Crippen LogP contribution in [-0.2, 0) is 4.79 Å². The standard InChI is InChI=1S/C14H20O3/c1-7(14(16)17)2-11-9-3-8-4-10(6-9)13(15)12(11)5-8/h2,8-13,15H,3-6H2,1H3,(H,16,17). The zero-order chi connectivity index (χ0) is 12.2. The molecule has 0 saturated heterocycles. The van der Waals surface area contributed by atoms with Gasteiger partial charge < -0.3 is 10.2 Å². The van der Waals surface area contributed by atoms with Gasteiger partial charge in [0.15, 0.2) is 0 Å². The van der Waals surface area contributed by atoms with Crippen LogP contribution in [0.4, 0.5) is 0 Å². The number of carboxylic acids is 1. The predicted octanol–water partition coefficient (Wildman–Crippen LogP) is 2.06. The molecule has 4 bridgehead atoms. The van der Waals surface area contributed by atoms with Gasteiger partial charge in [-0.25, -0.2) is 4.79 Å². The molecule has 6 unspecified atom stereocenters. The van der Waals surface area contributed by atoms with Crippen LogP contribution >= 0.6 is 0 Å². The monoisotopic (exact) mass is 236 g/mol. The quantitative estimate of drug-likeness (QED) is 0.721. The van der Waals surface area contributed by atoms with E-state index in [-0.39, 0.29) is 6.10 Å². The first-order valence-corrected chi connectivity index (χ1v) is 6.66. The third kappa shape index (κ3) is 1.71. The van der Waals surface area contributed by atoms with Gasteiger partial charge in [-0.1, -0.05) is 6.08 Å². The predicted molar refractivity (Wildman–Crippen MR) is 63.3 cm³/mol. The molecule has 6 atom stereocenters. The second-order valence-corrected chi connectivity index (χ2v) is 6.22. The van der Waals surface area contributed by atoms with Crippen molar-refractivity contribution in [2.24, 2.45) is 29.6 Å². The zero-order valence-corrected chi connectivity index (χ0v) is 10.2. The lowest BCUT2D eigenvalue weighted by Crippen LogP contribution is -2.53. The summed E-state index contributed by atoms with van der Waals surface area (Å²) in [5.74, 6) is 1.70. The Kier molecular flexibility index (Phi) is 2.54. The van der Waals surface area contributed by atoms with Crippen LogP contribution < -0.4 is 0 Å². The summed E-state index contributed by atoms with van der Waals surface area (Å²) in [6, 6.07) is 0. The molecule has 17 heavy (non-hydrogen) atoms. The van der Waals surface area contributed by atoms with Crippen LogP contribution in [0.15, 0.2) is 11.6 Å². The van der Waals surface area contributed by atoms with Crippen LogP contribution in [0.2, 0.25) is 0 Å². The molecule has 0 radical (unpaired) electrons. The Bertz CT molecular complexity index is 374. The molecule has 4 rings (SSSR count). The third-order valence-corrected chi connectivity index (χ3v) is 5.22. The van der Waals surface area contributed by atoms with E-state index in [4.69, 9.17) is 5.11 Å². The molecule has 2 N–H and O–H groups in total. The fraction of sp³-hybridized carbons (Fsp3) is 0.786. The molecular formula is C14H20O3. The number of carboxylic acid groups (broad SMARTS) is 1. The molecule has 0 heterocycles. The van der Waals surface area contributed by atoms with Crippen LogP contribution in [0.1, 0.15) is 32.6 Å². The number of allylic oxidation sites excluding steroid dienone is 1. The Morgan fingerprint density at radius 3 is 2.59 bits per heavy atom. The van der Waals surface area contributed by atoms with E-state index in [2.05, 4.69) is 0 Å². The van der Waals surface area contributed by atoms with Gasteiger partial charge in [0.2, 0.25) is 0 Å². The molecule has 0 aliphatic heterocycles. The number of hydrogen-bond donors (Lipinski definition) is 2. The maximum atomic E-state index is 10.9. The Balaban J connectivity index is 1.86.